The average molecular weight is 255 g/mol. The van der Waals surface area contributed by atoms with Crippen LogP contribution in [0.15, 0.2) is 42.5 Å². The zero-order valence-corrected chi connectivity index (χ0v) is 11.1. The fourth-order valence-electron chi connectivity index (χ4n) is 2.19. The third-order valence-electron chi connectivity index (χ3n) is 3.57. The first kappa shape index (κ1) is 12.4. The third-order valence-corrected chi connectivity index (χ3v) is 3.57. The van der Waals surface area contributed by atoms with Crippen LogP contribution in [0.3, 0.4) is 0 Å². The van der Waals surface area contributed by atoms with Crippen LogP contribution in [0.1, 0.15) is 24.0 Å². The topological polar surface area (TPSA) is 12.0 Å². The lowest BCUT2D eigenvalue weighted by Crippen LogP contribution is -2.15. The van der Waals surface area contributed by atoms with E-state index >= 15 is 0 Å². The van der Waals surface area contributed by atoms with Gasteiger partial charge in [-0.05, 0) is 43.0 Å². The Balaban J connectivity index is 1.85. The van der Waals surface area contributed by atoms with Crippen molar-refractivity contribution < 1.29 is 4.39 Å². The van der Waals surface area contributed by atoms with Crippen molar-refractivity contribution in [2.75, 3.05) is 0 Å². The van der Waals surface area contributed by atoms with E-state index in [4.69, 9.17) is 0 Å². The molecule has 0 unspecified atom stereocenters. The van der Waals surface area contributed by atoms with Crippen molar-refractivity contribution in [3.8, 4) is 11.1 Å². The van der Waals surface area contributed by atoms with Crippen LogP contribution in [0.2, 0.25) is 0 Å². The van der Waals surface area contributed by atoms with E-state index in [-0.39, 0.29) is 5.82 Å². The largest absolute Gasteiger partial charge is 0.310 e. The summed E-state index contributed by atoms with van der Waals surface area (Å²) in [6.45, 7) is 2.86. The van der Waals surface area contributed by atoms with E-state index in [0.29, 0.717) is 11.6 Å². The maximum atomic E-state index is 13.9. The fourth-order valence-corrected chi connectivity index (χ4v) is 2.19. The first-order valence-corrected chi connectivity index (χ1v) is 6.81. The van der Waals surface area contributed by atoms with Crippen molar-refractivity contribution in [3.63, 3.8) is 0 Å². The van der Waals surface area contributed by atoms with E-state index in [1.54, 1.807) is 6.07 Å². The van der Waals surface area contributed by atoms with Gasteiger partial charge in [0.15, 0.2) is 0 Å². The minimum Gasteiger partial charge on any atom is -0.310 e. The molecule has 0 bridgehead atoms. The predicted octanol–water partition coefficient (Wildman–Crippen LogP) is 4.05. The van der Waals surface area contributed by atoms with E-state index in [1.165, 1.54) is 18.4 Å². The molecule has 98 valence electrons. The number of aryl methyl sites for hydroxylation is 1. The highest BCUT2D eigenvalue weighted by atomic mass is 19.1. The Bertz CT molecular complexity index is 570. The summed E-state index contributed by atoms with van der Waals surface area (Å²) >= 11 is 0. The van der Waals surface area contributed by atoms with Crippen LogP contribution in [-0.2, 0) is 6.54 Å². The summed E-state index contributed by atoms with van der Waals surface area (Å²) in [6, 6.07) is 14.1. The number of benzene rings is 2. The normalized spacial score (nSPS) is 14.6. The first-order chi connectivity index (χ1) is 9.22. The Morgan fingerprint density at radius 2 is 1.84 bits per heavy atom. The molecule has 0 radical (unpaired) electrons. The Labute approximate surface area is 113 Å². The maximum absolute atomic E-state index is 13.9. The molecule has 3 rings (SSSR count). The number of nitrogens with one attached hydrogen (secondary N) is 1. The summed E-state index contributed by atoms with van der Waals surface area (Å²) in [7, 11) is 0. The average Bonchev–Trinajstić information content (AvgIpc) is 3.23. The lowest BCUT2D eigenvalue weighted by Gasteiger charge is -2.08. The van der Waals surface area contributed by atoms with E-state index < -0.39 is 0 Å². The van der Waals surface area contributed by atoms with Gasteiger partial charge in [0.1, 0.15) is 5.82 Å². The number of rotatable bonds is 4. The monoisotopic (exact) mass is 255 g/mol. The summed E-state index contributed by atoms with van der Waals surface area (Å²) < 4.78 is 13.9. The number of halogens is 1. The van der Waals surface area contributed by atoms with Crippen LogP contribution >= 0.6 is 0 Å². The molecule has 0 saturated heterocycles. The van der Waals surface area contributed by atoms with Crippen molar-refractivity contribution in [2.24, 2.45) is 0 Å². The standard InChI is InChI=1S/C17H18FN/c1-12-2-5-14(6-3-12)16-10-13(4-9-17(16)18)11-19-15-7-8-15/h2-6,9-10,15,19H,7-8,11H2,1H3. The van der Waals surface area contributed by atoms with E-state index in [2.05, 4.69) is 5.32 Å². The molecule has 0 amide bonds. The third kappa shape index (κ3) is 3.02. The minimum absolute atomic E-state index is 0.154. The molecule has 1 saturated carbocycles. The molecule has 1 nitrogen and oxygen atoms in total. The highest BCUT2D eigenvalue weighted by molar-refractivity contribution is 5.65. The van der Waals surface area contributed by atoms with Crippen molar-refractivity contribution >= 4 is 0 Å². The van der Waals surface area contributed by atoms with Gasteiger partial charge in [0.05, 0.1) is 0 Å². The van der Waals surface area contributed by atoms with Gasteiger partial charge in [0.25, 0.3) is 0 Å². The second-order valence-electron chi connectivity index (χ2n) is 5.34. The molecule has 0 aromatic heterocycles. The minimum atomic E-state index is -0.154. The van der Waals surface area contributed by atoms with Gasteiger partial charge in [-0.15, -0.1) is 0 Å². The second-order valence-corrected chi connectivity index (χ2v) is 5.34. The summed E-state index contributed by atoms with van der Waals surface area (Å²) in [6.07, 6.45) is 2.54. The van der Waals surface area contributed by atoms with Crippen molar-refractivity contribution in [3.05, 3.63) is 59.4 Å². The van der Waals surface area contributed by atoms with Crippen LogP contribution in [0.4, 0.5) is 4.39 Å². The molecular formula is C17H18FN. The highest BCUT2D eigenvalue weighted by Crippen LogP contribution is 2.25. The molecule has 0 heterocycles. The van der Waals surface area contributed by atoms with Crippen LogP contribution < -0.4 is 5.32 Å². The van der Waals surface area contributed by atoms with Gasteiger partial charge in [-0.3, -0.25) is 0 Å². The first-order valence-electron chi connectivity index (χ1n) is 6.81. The molecule has 1 aliphatic carbocycles. The van der Waals surface area contributed by atoms with Crippen LogP contribution in [0.25, 0.3) is 11.1 Å². The second kappa shape index (κ2) is 5.14. The van der Waals surface area contributed by atoms with Gasteiger partial charge in [-0.25, -0.2) is 4.39 Å². The Hall–Kier alpha value is -1.67. The number of hydrogen-bond acceptors (Lipinski definition) is 1. The molecule has 2 heteroatoms. The zero-order valence-electron chi connectivity index (χ0n) is 11.1. The molecule has 19 heavy (non-hydrogen) atoms. The summed E-state index contributed by atoms with van der Waals surface area (Å²) in [5.74, 6) is -0.154. The van der Waals surface area contributed by atoms with Gasteiger partial charge in [-0.1, -0.05) is 35.9 Å². The van der Waals surface area contributed by atoms with Gasteiger partial charge < -0.3 is 5.32 Å². The zero-order chi connectivity index (χ0) is 13.2. The molecule has 2 aromatic rings. The van der Waals surface area contributed by atoms with Crippen LogP contribution in [0.5, 0.6) is 0 Å². The van der Waals surface area contributed by atoms with E-state index in [9.17, 15) is 4.39 Å². The molecule has 0 aliphatic heterocycles. The SMILES string of the molecule is Cc1ccc(-c2cc(CNC3CC3)ccc2F)cc1. The van der Waals surface area contributed by atoms with E-state index in [0.717, 1.165) is 17.7 Å². The molecular weight excluding hydrogens is 237 g/mol. The lowest BCUT2D eigenvalue weighted by atomic mass is 10.0. The van der Waals surface area contributed by atoms with Crippen LogP contribution in [-0.4, -0.2) is 6.04 Å². The Morgan fingerprint density at radius 1 is 1.11 bits per heavy atom. The van der Waals surface area contributed by atoms with Gasteiger partial charge >= 0.3 is 0 Å². The van der Waals surface area contributed by atoms with Gasteiger partial charge in [0.2, 0.25) is 0 Å². The van der Waals surface area contributed by atoms with Crippen molar-refractivity contribution in [1.29, 1.82) is 0 Å². The number of hydrogen-bond donors (Lipinski definition) is 1. The smallest absolute Gasteiger partial charge is 0.131 e. The lowest BCUT2D eigenvalue weighted by molar-refractivity contribution is 0.628. The fraction of sp³-hybridized carbons (Fsp3) is 0.294. The molecule has 0 spiro atoms. The molecule has 2 aromatic carbocycles. The van der Waals surface area contributed by atoms with Crippen molar-refractivity contribution in [2.45, 2.75) is 32.4 Å². The maximum Gasteiger partial charge on any atom is 0.131 e. The quantitative estimate of drug-likeness (QED) is 0.869. The molecule has 1 N–H and O–H groups in total. The van der Waals surface area contributed by atoms with Crippen molar-refractivity contribution in [1.82, 2.24) is 5.32 Å². The Kier molecular flexibility index (Phi) is 3.34. The van der Waals surface area contributed by atoms with Crippen LogP contribution in [0, 0.1) is 12.7 Å². The Morgan fingerprint density at radius 3 is 2.53 bits per heavy atom. The summed E-state index contributed by atoms with van der Waals surface area (Å²) in [4.78, 5) is 0. The summed E-state index contributed by atoms with van der Waals surface area (Å²) in [5, 5.41) is 3.46. The molecule has 0 atom stereocenters. The van der Waals surface area contributed by atoms with E-state index in [1.807, 2.05) is 43.3 Å². The molecule has 1 fully saturated rings. The van der Waals surface area contributed by atoms with Gasteiger partial charge in [0, 0.05) is 18.2 Å². The van der Waals surface area contributed by atoms with Gasteiger partial charge in [-0.2, -0.15) is 0 Å². The predicted molar refractivity (Wildman–Crippen MR) is 76.4 cm³/mol. The summed E-state index contributed by atoms with van der Waals surface area (Å²) in [5.41, 5.74) is 3.96. The highest BCUT2D eigenvalue weighted by Gasteiger charge is 2.20. The molecule has 1 aliphatic rings.